The van der Waals surface area contributed by atoms with Crippen LogP contribution in [0.3, 0.4) is 0 Å². The first kappa shape index (κ1) is 21.1. The van der Waals surface area contributed by atoms with Gasteiger partial charge in [0.2, 0.25) is 0 Å². The number of cyclic esters (lactones) is 1. The van der Waals surface area contributed by atoms with Crippen LogP contribution in [-0.4, -0.2) is 24.3 Å². The largest absolute Gasteiger partial charge is 0.458 e. The zero-order valence-corrected chi connectivity index (χ0v) is 18.0. The van der Waals surface area contributed by atoms with Gasteiger partial charge in [0.1, 0.15) is 6.61 Å². The lowest BCUT2D eigenvalue weighted by Crippen LogP contribution is -2.45. The Morgan fingerprint density at radius 1 is 1.32 bits per heavy atom. The van der Waals surface area contributed by atoms with Crippen LogP contribution in [-0.2, 0) is 9.53 Å². The fraction of sp³-hybridized carbons (Fsp3) is 0.640. The van der Waals surface area contributed by atoms with Crippen molar-refractivity contribution in [1.82, 2.24) is 0 Å². The van der Waals surface area contributed by atoms with Crippen molar-refractivity contribution in [2.45, 2.75) is 72.6 Å². The lowest BCUT2D eigenvalue weighted by atomic mass is 9.50. The molecule has 1 aliphatic heterocycles. The van der Waals surface area contributed by atoms with E-state index in [1.165, 1.54) is 38.2 Å². The fourth-order valence-electron chi connectivity index (χ4n) is 5.98. The summed E-state index contributed by atoms with van der Waals surface area (Å²) in [6, 6.07) is 0. The Morgan fingerprint density at radius 2 is 2.11 bits per heavy atom. The smallest absolute Gasteiger partial charge is 0.331 e. The fourth-order valence-corrected chi connectivity index (χ4v) is 5.98. The summed E-state index contributed by atoms with van der Waals surface area (Å²) < 4.78 is 4.91. The first-order chi connectivity index (χ1) is 13.3. The first-order valence-corrected chi connectivity index (χ1v) is 10.8. The number of rotatable bonds is 6. The highest BCUT2D eigenvalue weighted by Gasteiger charge is 2.49. The number of carbonyl (C=O) groups is 1. The molecular formula is C25H36O3. The number of hydrogen-bond donors (Lipinski definition) is 1. The number of esters is 1. The average Bonchev–Trinajstić information content (AvgIpc) is 3.04. The summed E-state index contributed by atoms with van der Waals surface area (Å²) in [5, 5.41) is 9.82. The van der Waals surface area contributed by atoms with Gasteiger partial charge in [0.15, 0.2) is 0 Å². The van der Waals surface area contributed by atoms with Crippen molar-refractivity contribution in [3.05, 3.63) is 46.6 Å². The van der Waals surface area contributed by atoms with Gasteiger partial charge in [-0.15, -0.1) is 0 Å². The van der Waals surface area contributed by atoms with Crippen LogP contribution in [0, 0.1) is 16.7 Å². The maximum Gasteiger partial charge on any atom is 0.331 e. The van der Waals surface area contributed by atoms with E-state index in [4.69, 9.17) is 4.74 Å². The normalized spacial score (nSPS) is 30.5. The Morgan fingerprint density at radius 3 is 2.79 bits per heavy atom. The number of carbonyl (C=O) groups excluding carboxylic acids is 1. The van der Waals surface area contributed by atoms with Crippen molar-refractivity contribution in [2.24, 2.45) is 16.7 Å². The molecule has 0 radical (unpaired) electrons. The van der Waals surface area contributed by atoms with Crippen molar-refractivity contribution in [3.8, 4) is 0 Å². The standard InChI is InChI=1S/C25H36O3/c1-18-9-12-22-24(2,3)13-6-14-25(22,4)21(18)11-10-19(16-26)7-5-8-20-15-23(27)28-17-20/h5,7-8,15,22,26H,6,9-14,16-17H2,1-4H3/b8-5-,19-7+/t22?,25-/m1/s1. The summed E-state index contributed by atoms with van der Waals surface area (Å²) in [5.41, 5.74) is 5.89. The highest BCUT2D eigenvalue weighted by atomic mass is 16.5. The number of hydrogen-bond acceptors (Lipinski definition) is 3. The van der Waals surface area contributed by atoms with Gasteiger partial charge in [0.25, 0.3) is 0 Å². The molecule has 1 fully saturated rings. The number of aliphatic hydroxyl groups excluding tert-OH is 1. The van der Waals surface area contributed by atoms with Gasteiger partial charge in [-0.2, -0.15) is 0 Å². The molecule has 0 aromatic rings. The molecule has 1 saturated carbocycles. The molecule has 3 aliphatic rings. The molecule has 3 nitrogen and oxygen atoms in total. The molecule has 0 aromatic carbocycles. The van der Waals surface area contributed by atoms with Gasteiger partial charge in [0.05, 0.1) is 6.61 Å². The zero-order valence-electron chi connectivity index (χ0n) is 18.0. The Kier molecular flexibility index (Phi) is 6.34. The number of fused-ring (bicyclic) bond motifs is 1. The second kappa shape index (κ2) is 8.41. The van der Waals surface area contributed by atoms with Crippen molar-refractivity contribution in [2.75, 3.05) is 13.2 Å². The second-order valence-corrected chi connectivity index (χ2v) is 9.78. The highest BCUT2D eigenvalue weighted by Crippen LogP contribution is 2.60. The molecule has 1 unspecified atom stereocenters. The highest BCUT2D eigenvalue weighted by molar-refractivity contribution is 5.86. The predicted molar refractivity (Wildman–Crippen MR) is 114 cm³/mol. The number of allylic oxidation sites excluding steroid dienone is 4. The van der Waals surface area contributed by atoms with E-state index in [9.17, 15) is 9.90 Å². The topological polar surface area (TPSA) is 46.5 Å². The first-order valence-electron chi connectivity index (χ1n) is 10.8. The van der Waals surface area contributed by atoms with Gasteiger partial charge >= 0.3 is 5.97 Å². The third-order valence-corrected chi connectivity index (χ3v) is 7.47. The summed E-state index contributed by atoms with van der Waals surface area (Å²) in [5.74, 6) is 0.490. The Labute approximate surface area is 170 Å². The molecule has 0 saturated heterocycles. The molecule has 154 valence electrons. The minimum absolute atomic E-state index is 0.0801. The van der Waals surface area contributed by atoms with Crippen molar-refractivity contribution < 1.29 is 14.6 Å². The summed E-state index contributed by atoms with van der Waals surface area (Å²) >= 11 is 0. The van der Waals surface area contributed by atoms with E-state index in [0.29, 0.717) is 17.4 Å². The van der Waals surface area contributed by atoms with Crippen LogP contribution in [0.5, 0.6) is 0 Å². The maximum absolute atomic E-state index is 11.1. The Bertz CT molecular complexity index is 735. The lowest BCUT2D eigenvalue weighted by molar-refractivity contribution is -0.134. The van der Waals surface area contributed by atoms with Crippen LogP contribution < -0.4 is 0 Å². The van der Waals surface area contributed by atoms with Gasteiger partial charge in [-0.05, 0) is 73.3 Å². The van der Waals surface area contributed by atoms with Crippen LogP contribution >= 0.6 is 0 Å². The Hall–Kier alpha value is -1.61. The number of ether oxygens (including phenoxy) is 1. The van der Waals surface area contributed by atoms with Crippen molar-refractivity contribution >= 4 is 5.97 Å². The SMILES string of the molecule is CC1=C(CC/C(=C\C=C/C2=CC(=O)OC2)CO)[C@@]2(C)CCCC(C)(C)C2CC1. The van der Waals surface area contributed by atoms with Gasteiger partial charge in [-0.1, -0.05) is 56.6 Å². The van der Waals surface area contributed by atoms with Gasteiger partial charge < -0.3 is 9.84 Å². The number of aliphatic hydroxyl groups is 1. The molecule has 0 aromatic heterocycles. The van der Waals surface area contributed by atoms with E-state index in [-0.39, 0.29) is 12.6 Å². The van der Waals surface area contributed by atoms with Crippen LogP contribution in [0.15, 0.2) is 46.6 Å². The monoisotopic (exact) mass is 384 g/mol. The molecule has 3 rings (SSSR count). The van der Waals surface area contributed by atoms with E-state index >= 15 is 0 Å². The molecule has 0 amide bonds. The molecule has 28 heavy (non-hydrogen) atoms. The van der Waals surface area contributed by atoms with E-state index in [1.807, 2.05) is 18.2 Å². The molecule has 0 bridgehead atoms. The summed E-state index contributed by atoms with van der Waals surface area (Å²) in [7, 11) is 0. The second-order valence-electron chi connectivity index (χ2n) is 9.78. The summed E-state index contributed by atoms with van der Waals surface area (Å²) in [6.07, 6.45) is 15.8. The van der Waals surface area contributed by atoms with Gasteiger partial charge in [-0.25, -0.2) is 4.79 Å². The van der Waals surface area contributed by atoms with Crippen LogP contribution in [0.4, 0.5) is 0 Å². The van der Waals surface area contributed by atoms with E-state index in [0.717, 1.165) is 29.9 Å². The summed E-state index contributed by atoms with van der Waals surface area (Å²) in [4.78, 5) is 11.1. The van der Waals surface area contributed by atoms with Crippen molar-refractivity contribution in [3.63, 3.8) is 0 Å². The van der Waals surface area contributed by atoms with Crippen LogP contribution in [0.1, 0.15) is 72.6 Å². The summed E-state index contributed by atoms with van der Waals surface area (Å²) in [6.45, 7) is 10.2. The van der Waals surface area contributed by atoms with E-state index in [2.05, 4.69) is 27.7 Å². The molecular weight excluding hydrogens is 348 g/mol. The molecule has 2 aliphatic carbocycles. The minimum atomic E-state index is -0.274. The van der Waals surface area contributed by atoms with Crippen LogP contribution in [0.25, 0.3) is 0 Å². The predicted octanol–water partition coefficient (Wildman–Crippen LogP) is 5.67. The molecule has 2 atom stereocenters. The average molecular weight is 385 g/mol. The minimum Gasteiger partial charge on any atom is -0.458 e. The third-order valence-electron chi connectivity index (χ3n) is 7.47. The van der Waals surface area contributed by atoms with Crippen LogP contribution in [0.2, 0.25) is 0 Å². The lowest BCUT2D eigenvalue weighted by Gasteiger charge is -2.55. The van der Waals surface area contributed by atoms with Gasteiger partial charge in [0, 0.05) is 6.08 Å². The van der Waals surface area contributed by atoms with E-state index < -0.39 is 0 Å². The van der Waals surface area contributed by atoms with E-state index in [1.54, 1.807) is 11.1 Å². The maximum atomic E-state index is 11.1. The molecule has 1 N–H and O–H groups in total. The third kappa shape index (κ3) is 4.35. The molecule has 3 heteroatoms. The quantitative estimate of drug-likeness (QED) is 0.365. The zero-order chi connectivity index (χ0) is 20.4. The molecule has 0 spiro atoms. The van der Waals surface area contributed by atoms with Crippen molar-refractivity contribution in [1.29, 1.82) is 0 Å². The molecule has 1 heterocycles. The Balaban J connectivity index is 1.70. The van der Waals surface area contributed by atoms with Gasteiger partial charge in [-0.3, -0.25) is 0 Å².